The maximum absolute atomic E-state index is 11.7. The van der Waals surface area contributed by atoms with Gasteiger partial charge in [0.15, 0.2) is 11.4 Å². The molecule has 4 aromatic rings. The third-order valence-electron chi connectivity index (χ3n) is 6.14. The average Bonchev–Trinajstić information content (AvgIpc) is 3.37. The second-order valence-corrected chi connectivity index (χ2v) is 10.8. The van der Waals surface area contributed by atoms with Gasteiger partial charge in [-0.25, -0.2) is 5.84 Å². The van der Waals surface area contributed by atoms with E-state index in [-0.39, 0.29) is 48.1 Å². The molecular weight excluding hydrogens is 599 g/mol. The molecule has 228 valence electrons. The number of nitrogens with one attached hydrogen (secondary N) is 1. The summed E-state index contributed by atoms with van der Waals surface area (Å²) < 4.78 is 3.40. The van der Waals surface area contributed by atoms with Crippen molar-refractivity contribution < 1.29 is 24.6 Å². The Labute approximate surface area is 257 Å². The predicted molar refractivity (Wildman–Crippen MR) is 164 cm³/mol. The zero-order valence-electron chi connectivity index (χ0n) is 24.2. The fourth-order valence-corrected chi connectivity index (χ4v) is 4.67. The Hall–Kier alpha value is -4.33. The number of nitrogens with two attached hydrogens (primary N) is 1. The summed E-state index contributed by atoms with van der Waals surface area (Å²) in [6, 6.07) is 10.4. The topological polar surface area (TPSA) is 189 Å². The molecule has 13 nitrogen and oxygen atoms in total. The summed E-state index contributed by atoms with van der Waals surface area (Å²) in [5, 5.41) is 37.7. The Kier molecular flexibility index (Phi) is 11.0. The summed E-state index contributed by atoms with van der Waals surface area (Å²) in [5.74, 6) is 3.34. The van der Waals surface area contributed by atoms with Crippen LogP contribution in [0.25, 0.3) is 21.8 Å². The maximum Gasteiger partial charge on any atom is 0.265 e. The lowest BCUT2D eigenvalue weighted by molar-refractivity contribution is -0.125. The van der Waals surface area contributed by atoms with Crippen LogP contribution >= 0.6 is 23.2 Å². The number of fused-ring (bicyclic) bond motifs is 2. The highest BCUT2D eigenvalue weighted by Crippen LogP contribution is 2.43. The van der Waals surface area contributed by atoms with Gasteiger partial charge in [0.2, 0.25) is 17.7 Å². The van der Waals surface area contributed by atoms with Crippen molar-refractivity contribution in [2.75, 3.05) is 0 Å². The molecule has 0 saturated carbocycles. The normalized spacial score (nSPS) is 11.7. The lowest BCUT2D eigenvalue weighted by atomic mass is 10.2. The Balaban J connectivity index is 0.000000242. The number of amides is 3. The van der Waals surface area contributed by atoms with Gasteiger partial charge < -0.3 is 19.3 Å². The van der Waals surface area contributed by atoms with Gasteiger partial charge in [0.1, 0.15) is 0 Å². The van der Waals surface area contributed by atoms with Gasteiger partial charge in [0, 0.05) is 52.7 Å². The highest BCUT2D eigenvalue weighted by atomic mass is 35.5. The summed E-state index contributed by atoms with van der Waals surface area (Å²) in [4.78, 5) is 33.6. The van der Waals surface area contributed by atoms with Crippen LogP contribution in [0.4, 0.5) is 11.4 Å². The molecule has 3 amide bonds. The number of nitrogens with zero attached hydrogens (tertiary/aromatic N) is 6. The fourth-order valence-electron chi connectivity index (χ4n) is 4.32. The van der Waals surface area contributed by atoms with E-state index < -0.39 is 17.7 Å². The number of carbonyl (C=O) groups excluding carboxylic acids is 3. The molecule has 0 bridgehead atoms. The highest BCUT2D eigenvalue weighted by Gasteiger charge is 2.20. The Morgan fingerprint density at radius 1 is 0.814 bits per heavy atom. The molecule has 0 radical (unpaired) electrons. The second kappa shape index (κ2) is 14.2. The summed E-state index contributed by atoms with van der Waals surface area (Å²) >= 11 is 12.0. The molecule has 0 spiro atoms. The Morgan fingerprint density at radius 2 is 1.26 bits per heavy atom. The Morgan fingerprint density at radius 3 is 1.65 bits per heavy atom. The quantitative estimate of drug-likeness (QED) is 0.0723. The largest absolute Gasteiger partial charge is 0.493 e. The van der Waals surface area contributed by atoms with Crippen LogP contribution in [0, 0.1) is 0 Å². The first kappa shape index (κ1) is 33.2. The number of hydrogen-bond donors (Lipinski definition) is 4. The lowest BCUT2D eigenvalue weighted by Crippen LogP contribution is -2.30. The number of aromatic hydroxyl groups is 2. The number of benzene rings is 2. The minimum atomic E-state index is -0.592. The van der Waals surface area contributed by atoms with Crippen LogP contribution in [-0.4, -0.2) is 37.1 Å². The van der Waals surface area contributed by atoms with E-state index in [2.05, 4.69) is 20.5 Å². The smallest absolute Gasteiger partial charge is 0.265 e. The summed E-state index contributed by atoms with van der Waals surface area (Å²) in [7, 11) is 0. The van der Waals surface area contributed by atoms with Gasteiger partial charge in [-0.2, -0.15) is 0 Å². The molecule has 5 N–H and O–H groups in total. The van der Waals surface area contributed by atoms with Gasteiger partial charge in [-0.1, -0.05) is 23.2 Å². The predicted octanol–water partition coefficient (Wildman–Crippen LogP) is 7.17. The van der Waals surface area contributed by atoms with Gasteiger partial charge >= 0.3 is 0 Å². The van der Waals surface area contributed by atoms with Crippen LogP contribution in [0.1, 0.15) is 59.5 Å². The first-order chi connectivity index (χ1) is 20.3. The molecule has 0 fully saturated rings. The monoisotopic (exact) mass is 630 g/mol. The van der Waals surface area contributed by atoms with Crippen LogP contribution in [-0.2, 0) is 14.4 Å². The molecule has 15 heteroatoms. The van der Waals surface area contributed by atoms with Crippen molar-refractivity contribution in [1.82, 2.24) is 14.6 Å². The van der Waals surface area contributed by atoms with Crippen molar-refractivity contribution in [3.8, 4) is 11.8 Å². The van der Waals surface area contributed by atoms with E-state index in [4.69, 9.17) is 29.0 Å². The van der Waals surface area contributed by atoms with E-state index in [0.29, 0.717) is 20.8 Å². The SMILES string of the molecule is CC(=O)N=Nc1c(O)n(C(C)C)c2ccc(Cl)cc12.CC(C)n1c(O)c(N=NC(=O)CCC(=O)NN)c2cc(Cl)ccc21. The molecule has 0 unspecified atom stereocenters. The molecule has 0 aliphatic rings. The summed E-state index contributed by atoms with van der Waals surface area (Å²) in [6.45, 7) is 9.00. The number of rotatable bonds is 7. The highest BCUT2D eigenvalue weighted by molar-refractivity contribution is 6.32. The number of azo groups is 2. The zero-order chi connectivity index (χ0) is 32.0. The number of aromatic nitrogens is 2. The standard InChI is InChI=1S/C15H18ClN5O3.C13H14ClN3O2/c1-8(2)21-11-4-3-9(16)7-10(11)14(15(21)24)20-19-13(23)6-5-12(22)18-17;1-7(2)17-11-5-4-9(14)6-10(11)12(13(17)19)16-15-8(3)18/h3-4,7-8,24H,5-6,17H2,1-2H3,(H,18,22);4-7,19H,1-3H3. The molecular formula is C28H32Cl2N8O5. The van der Waals surface area contributed by atoms with Crippen molar-refractivity contribution >= 4 is 74.1 Å². The van der Waals surface area contributed by atoms with Crippen LogP contribution in [0.15, 0.2) is 56.9 Å². The molecule has 43 heavy (non-hydrogen) atoms. The molecule has 2 heterocycles. The third kappa shape index (κ3) is 7.74. The maximum atomic E-state index is 11.7. The molecule has 0 aliphatic heterocycles. The van der Waals surface area contributed by atoms with Gasteiger partial charge in [-0.05, 0) is 64.1 Å². The molecule has 2 aromatic heterocycles. The van der Waals surface area contributed by atoms with E-state index in [1.807, 2.05) is 39.2 Å². The van der Waals surface area contributed by atoms with Crippen molar-refractivity contribution in [1.29, 1.82) is 0 Å². The molecule has 0 atom stereocenters. The first-order valence-electron chi connectivity index (χ1n) is 13.2. The number of halogens is 2. The van der Waals surface area contributed by atoms with Gasteiger partial charge in [0.05, 0.1) is 11.0 Å². The fraction of sp³-hybridized carbons (Fsp3) is 0.321. The number of hydrazine groups is 1. The van der Waals surface area contributed by atoms with Crippen LogP contribution in [0.5, 0.6) is 11.8 Å². The summed E-state index contributed by atoms with van der Waals surface area (Å²) in [5.41, 5.74) is 3.89. The van der Waals surface area contributed by atoms with Crippen molar-refractivity contribution in [3.63, 3.8) is 0 Å². The van der Waals surface area contributed by atoms with E-state index in [9.17, 15) is 24.6 Å². The minimum Gasteiger partial charge on any atom is -0.493 e. The third-order valence-corrected chi connectivity index (χ3v) is 6.61. The molecule has 0 aliphatic carbocycles. The summed E-state index contributed by atoms with van der Waals surface area (Å²) in [6.07, 6.45) is -0.212. The van der Waals surface area contributed by atoms with Crippen molar-refractivity contribution in [2.45, 2.75) is 59.5 Å². The molecule has 4 rings (SSSR count). The van der Waals surface area contributed by atoms with Gasteiger partial charge in [0.25, 0.3) is 11.8 Å². The molecule has 2 aromatic carbocycles. The van der Waals surface area contributed by atoms with Crippen molar-refractivity contribution in [3.05, 3.63) is 46.4 Å². The van der Waals surface area contributed by atoms with E-state index >= 15 is 0 Å². The first-order valence-corrected chi connectivity index (χ1v) is 13.9. The van der Waals surface area contributed by atoms with Crippen LogP contribution in [0.2, 0.25) is 10.0 Å². The van der Waals surface area contributed by atoms with E-state index in [1.165, 1.54) is 6.92 Å². The lowest BCUT2D eigenvalue weighted by Gasteiger charge is -2.10. The zero-order valence-corrected chi connectivity index (χ0v) is 25.7. The Bertz CT molecular complexity index is 1740. The van der Waals surface area contributed by atoms with Gasteiger partial charge in [-0.3, -0.25) is 19.8 Å². The second-order valence-electron chi connectivity index (χ2n) is 9.98. The van der Waals surface area contributed by atoms with Crippen LogP contribution < -0.4 is 11.3 Å². The minimum absolute atomic E-state index is 0.0164. The van der Waals surface area contributed by atoms with Crippen LogP contribution in [0.3, 0.4) is 0 Å². The average molecular weight is 632 g/mol. The molecule has 0 saturated heterocycles. The number of hydrogen-bond acceptors (Lipinski definition) is 8. The van der Waals surface area contributed by atoms with Gasteiger partial charge in [-0.15, -0.1) is 20.5 Å². The number of carbonyl (C=O) groups is 3. The van der Waals surface area contributed by atoms with Crippen molar-refractivity contribution in [2.24, 2.45) is 26.3 Å². The van der Waals surface area contributed by atoms with E-state index in [1.54, 1.807) is 39.5 Å². The van der Waals surface area contributed by atoms with E-state index in [0.717, 1.165) is 11.0 Å².